The molecule has 0 radical (unpaired) electrons. The average Bonchev–Trinajstić information content (AvgIpc) is 3.05. The number of hydrogen-bond acceptors (Lipinski definition) is 4. The van der Waals surface area contributed by atoms with Crippen molar-refractivity contribution in [3.8, 4) is 0 Å². The van der Waals surface area contributed by atoms with Gasteiger partial charge in [0.25, 0.3) is 10.0 Å². The lowest BCUT2D eigenvalue weighted by Crippen LogP contribution is -2.53. The molecule has 0 spiro atoms. The molecular weight excluding hydrogens is 641 g/mol. The predicted molar refractivity (Wildman–Crippen MR) is 186 cm³/mol. The Kier molecular flexibility index (Phi) is 12.3. The van der Waals surface area contributed by atoms with E-state index >= 15 is 0 Å². The van der Waals surface area contributed by atoms with Crippen molar-refractivity contribution in [1.82, 2.24) is 10.2 Å². The zero-order chi connectivity index (χ0) is 33.3. The predicted octanol–water partition coefficient (Wildman–Crippen LogP) is 7.48. The highest BCUT2D eigenvalue weighted by molar-refractivity contribution is 7.92. The molecule has 0 saturated carbocycles. The molecule has 0 heterocycles. The summed E-state index contributed by atoms with van der Waals surface area (Å²) < 4.78 is 29.4. The number of carbonyl (C=O) groups is 2. The second-order valence-electron chi connectivity index (χ2n) is 11.3. The summed E-state index contributed by atoms with van der Waals surface area (Å²) in [6.07, 6.45) is 0.915. The van der Waals surface area contributed by atoms with Gasteiger partial charge in [-0.25, -0.2) is 8.42 Å². The average molecular weight is 681 g/mol. The molecular formula is C36H39Cl2N3O4S. The van der Waals surface area contributed by atoms with Gasteiger partial charge in [0, 0.05) is 29.6 Å². The maximum atomic E-state index is 14.5. The van der Waals surface area contributed by atoms with E-state index in [4.69, 9.17) is 23.2 Å². The molecule has 0 aliphatic rings. The van der Waals surface area contributed by atoms with E-state index in [9.17, 15) is 18.0 Å². The maximum absolute atomic E-state index is 14.5. The summed E-state index contributed by atoms with van der Waals surface area (Å²) in [7, 11) is -4.18. The molecule has 0 aliphatic carbocycles. The Morgan fingerprint density at radius 3 is 2.07 bits per heavy atom. The van der Waals surface area contributed by atoms with Gasteiger partial charge in [-0.1, -0.05) is 111 Å². The molecule has 4 aromatic rings. The lowest BCUT2D eigenvalue weighted by molar-refractivity contribution is -0.140. The fourth-order valence-corrected chi connectivity index (χ4v) is 6.93. The molecule has 46 heavy (non-hydrogen) atoms. The molecule has 0 fully saturated rings. The van der Waals surface area contributed by atoms with Crippen LogP contribution in [0.15, 0.2) is 108 Å². The highest BCUT2D eigenvalue weighted by atomic mass is 35.5. The summed E-state index contributed by atoms with van der Waals surface area (Å²) in [4.78, 5) is 29.8. The molecule has 1 N–H and O–H groups in total. The van der Waals surface area contributed by atoms with Crippen LogP contribution in [0, 0.1) is 0 Å². The number of amides is 2. The van der Waals surface area contributed by atoms with Crippen LogP contribution in [0.3, 0.4) is 0 Å². The summed E-state index contributed by atoms with van der Waals surface area (Å²) in [6, 6.07) is 28.5. The van der Waals surface area contributed by atoms with E-state index in [2.05, 4.69) is 5.32 Å². The van der Waals surface area contributed by atoms with Gasteiger partial charge >= 0.3 is 0 Å². The second-order valence-corrected chi connectivity index (χ2v) is 14.0. The van der Waals surface area contributed by atoms with Crippen LogP contribution in [0.1, 0.15) is 49.8 Å². The molecule has 0 unspecified atom stereocenters. The Morgan fingerprint density at radius 2 is 1.48 bits per heavy atom. The van der Waals surface area contributed by atoms with Gasteiger partial charge in [0.15, 0.2) is 0 Å². The molecule has 4 aromatic carbocycles. The van der Waals surface area contributed by atoms with Gasteiger partial charge < -0.3 is 10.2 Å². The van der Waals surface area contributed by atoms with E-state index in [1.165, 1.54) is 17.0 Å². The quantitative estimate of drug-likeness (QED) is 0.150. The lowest BCUT2D eigenvalue weighted by atomic mass is 10.0. The normalized spacial score (nSPS) is 12.0. The fourth-order valence-electron chi connectivity index (χ4n) is 5.03. The van der Waals surface area contributed by atoms with Crippen LogP contribution in [-0.4, -0.2) is 44.3 Å². The Labute approximate surface area is 282 Å². The van der Waals surface area contributed by atoms with Gasteiger partial charge in [0.1, 0.15) is 12.6 Å². The number of sulfonamides is 1. The van der Waals surface area contributed by atoms with E-state index in [-0.39, 0.29) is 29.7 Å². The molecule has 0 aliphatic heterocycles. The Morgan fingerprint density at radius 1 is 0.848 bits per heavy atom. The number of halogens is 2. The van der Waals surface area contributed by atoms with E-state index in [0.29, 0.717) is 34.3 Å². The van der Waals surface area contributed by atoms with Crippen molar-refractivity contribution in [2.24, 2.45) is 0 Å². The van der Waals surface area contributed by atoms with Crippen molar-refractivity contribution in [3.05, 3.63) is 130 Å². The number of nitrogens with one attached hydrogen (secondary N) is 1. The van der Waals surface area contributed by atoms with Crippen LogP contribution in [0.5, 0.6) is 0 Å². The van der Waals surface area contributed by atoms with Crippen molar-refractivity contribution in [1.29, 1.82) is 0 Å². The molecule has 1 atom stereocenters. The zero-order valence-corrected chi connectivity index (χ0v) is 28.5. The minimum Gasteiger partial charge on any atom is -0.354 e. The van der Waals surface area contributed by atoms with Crippen LogP contribution in [-0.2, 0) is 32.6 Å². The lowest BCUT2D eigenvalue weighted by Gasteiger charge is -2.34. The molecule has 0 saturated heterocycles. The second kappa shape index (κ2) is 16.1. The highest BCUT2D eigenvalue weighted by Gasteiger charge is 2.35. The van der Waals surface area contributed by atoms with Crippen molar-refractivity contribution in [2.45, 2.75) is 57.0 Å². The summed E-state index contributed by atoms with van der Waals surface area (Å²) in [5.41, 5.74) is 2.78. The van der Waals surface area contributed by atoms with Crippen molar-refractivity contribution < 1.29 is 18.0 Å². The third-order valence-electron chi connectivity index (χ3n) is 7.63. The van der Waals surface area contributed by atoms with Crippen LogP contribution < -0.4 is 9.62 Å². The number of rotatable bonds is 14. The molecule has 10 heteroatoms. The standard InChI is InChI=1S/C36H39Cl2N3O4S/c1-4-21-39-36(43)34(22-27-11-7-5-8-12-27)40(24-29-15-18-30(37)23-33(29)38)35(42)25-41(31-19-16-28(17-20-31)26(2)3)46(44,45)32-13-9-6-10-14-32/h5-20,23,26,34H,4,21-22,24-25H2,1-3H3,(H,39,43)/t34-/m0/s1. The third kappa shape index (κ3) is 8.90. The van der Waals surface area contributed by atoms with Crippen molar-refractivity contribution in [3.63, 3.8) is 0 Å². The van der Waals surface area contributed by atoms with E-state index in [1.807, 2.05) is 63.2 Å². The number of nitrogens with zero attached hydrogens (tertiary/aromatic N) is 2. The van der Waals surface area contributed by atoms with Crippen LogP contribution >= 0.6 is 23.2 Å². The van der Waals surface area contributed by atoms with Crippen LogP contribution in [0.2, 0.25) is 10.0 Å². The van der Waals surface area contributed by atoms with Gasteiger partial charge in [-0.15, -0.1) is 0 Å². The van der Waals surface area contributed by atoms with Gasteiger partial charge in [-0.2, -0.15) is 0 Å². The minimum absolute atomic E-state index is 0.0443. The first kappa shape index (κ1) is 35.0. The number of carbonyl (C=O) groups excluding carboxylic acids is 2. The van der Waals surface area contributed by atoms with E-state index in [0.717, 1.165) is 15.4 Å². The Hall–Kier alpha value is -3.85. The number of benzene rings is 4. The van der Waals surface area contributed by atoms with Crippen LogP contribution in [0.25, 0.3) is 0 Å². The largest absolute Gasteiger partial charge is 0.354 e. The highest BCUT2D eigenvalue weighted by Crippen LogP contribution is 2.28. The number of hydrogen-bond donors (Lipinski definition) is 1. The first-order valence-corrected chi connectivity index (χ1v) is 17.4. The number of anilines is 1. The molecule has 4 rings (SSSR count). The van der Waals surface area contributed by atoms with Gasteiger partial charge in [0.05, 0.1) is 10.6 Å². The van der Waals surface area contributed by atoms with E-state index in [1.54, 1.807) is 48.5 Å². The molecule has 7 nitrogen and oxygen atoms in total. The van der Waals surface area contributed by atoms with Crippen LogP contribution in [0.4, 0.5) is 5.69 Å². The summed E-state index contributed by atoms with van der Waals surface area (Å²) in [5, 5.41) is 3.69. The monoisotopic (exact) mass is 679 g/mol. The van der Waals surface area contributed by atoms with Crippen molar-refractivity contribution in [2.75, 3.05) is 17.4 Å². The SMILES string of the molecule is CCCNC(=O)[C@H](Cc1ccccc1)N(Cc1ccc(Cl)cc1Cl)C(=O)CN(c1ccc(C(C)C)cc1)S(=O)(=O)c1ccccc1. The summed E-state index contributed by atoms with van der Waals surface area (Å²) in [6.45, 7) is 5.87. The zero-order valence-electron chi connectivity index (χ0n) is 26.2. The first-order chi connectivity index (χ1) is 22.0. The van der Waals surface area contributed by atoms with Gasteiger partial charge in [0.2, 0.25) is 11.8 Å². The fraction of sp³-hybridized carbons (Fsp3) is 0.278. The minimum atomic E-state index is -4.18. The smallest absolute Gasteiger partial charge is 0.264 e. The molecule has 0 bridgehead atoms. The molecule has 0 aromatic heterocycles. The Balaban J connectivity index is 1.81. The summed E-state index contributed by atoms with van der Waals surface area (Å²) >= 11 is 12.7. The van der Waals surface area contributed by atoms with Crippen molar-refractivity contribution >= 4 is 50.7 Å². The topological polar surface area (TPSA) is 86.8 Å². The van der Waals surface area contributed by atoms with E-state index < -0.39 is 28.5 Å². The van der Waals surface area contributed by atoms with Gasteiger partial charge in [-0.05, 0) is 65.4 Å². The first-order valence-electron chi connectivity index (χ1n) is 15.2. The molecule has 242 valence electrons. The Bertz CT molecular complexity index is 1720. The van der Waals surface area contributed by atoms with Gasteiger partial charge in [-0.3, -0.25) is 13.9 Å². The maximum Gasteiger partial charge on any atom is 0.264 e. The molecule has 2 amide bonds. The third-order valence-corrected chi connectivity index (χ3v) is 10.0. The summed E-state index contributed by atoms with van der Waals surface area (Å²) in [5.74, 6) is -0.677.